The van der Waals surface area contributed by atoms with Crippen molar-refractivity contribution in [3.63, 3.8) is 0 Å². The first-order valence-corrected chi connectivity index (χ1v) is 7.62. The fourth-order valence-corrected chi connectivity index (χ4v) is 2.60. The van der Waals surface area contributed by atoms with Gasteiger partial charge in [0.15, 0.2) is 5.11 Å². The molecule has 2 rings (SSSR count). The Morgan fingerprint density at radius 2 is 1.90 bits per heavy atom. The first-order chi connectivity index (χ1) is 9.74. The normalized spacial score (nSPS) is 10.1. The topological polar surface area (TPSA) is 24.1 Å². The second-order valence-electron chi connectivity index (χ2n) is 4.05. The molecule has 0 heterocycles. The Bertz CT molecular complexity index is 561. The van der Waals surface area contributed by atoms with Gasteiger partial charge in [-0.2, -0.15) is 0 Å². The Hall–Kier alpha value is -1.59. The highest BCUT2D eigenvalue weighted by Gasteiger charge is 1.99. The van der Waals surface area contributed by atoms with Crippen LogP contribution in [0.4, 0.5) is 10.1 Å². The number of halogens is 1. The minimum Gasteiger partial charge on any atom is -0.362 e. The van der Waals surface area contributed by atoms with Crippen molar-refractivity contribution in [2.45, 2.75) is 4.90 Å². The first kappa shape index (κ1) is 14.8. The molecule has 2 N–H and O–H groups in total. The molecule has 0 aromatic heterocycles. The van der Waals surface area contributed by atoms with E-state index in [2.05, 4.69) is 22.8 Å². The fraction of sp³-hybridized carbons (Fsp3) is 0.133. The van der Waals surface area contributed by atoms with Gasteiger partial charge in [0, 0.05) is 22.9 Å². The van der Waals surface area contributed by atoms with Crippen LogP contribution >= 0.6 is 24.0 Å². The second kappa shape index (κ2) is 7.87. The van der Waals surface area contributed by atoms with Crippen LogP contribution in [0, 0.1) is 5.82 Å². The molecule has 0 fully saturated rings. The minimum atomic E-state index is -0.280. The number of nitrogens with one attached hydrogen (secondary N) is 2. The molecular formula is C15H15FN2S2. The average molecular weight is 306 g/mol. The highest BCUT2D eigenvalue weighted by molar-refractivity contribution is 7.99. The molecule has 2 nitrogen and oxygen atoms in total. The van der Waals surface area contributed by atoms with Gasteiger partial charge in [-0.05, 0) is 42.5 Å². The molecule has 20 heavy (non-hydrogen) atoms. The molecule has 104 valence electrons. The molecular weight excluding hydrogens is 291 g/mol. The minimum absolute atomic E-state index is 0.280. The van der Waals surface area contributed by atoms with E-state index >= 15 is 0 Å². The summed E-state index contributed by atoms with van der Waals surface area (Å²) in [6.45, 7) is 0.751. The summed E-state index contributed by atoms with van der Waals surface area (Å²) in [4.78, 5) is 1.23. The largest absolute Gasteiger partial charge is 0.362 e. The summed E-state index contributed by atoms with van der Waals surface area (Å²) in [6.07, 6.45) is 0. The number of hydrogen-bond donors (Lipinski definition) is 2. The van der Waals surface area contributed by atoms with Gasteiger partial charge in [-0.25, -0.2) is 4.39 Å². The van der Waals surface area contributed by atoms with Crippen LogP contribution in [-0.4, -0.2) is 17.4 Å². The van der Waals surface area contributed by atoms with Gasteiger partial charge < -0.3 is 10.6 Å². The second-order valence-corrected chi connectivity index (χ2v) is 5.63. The van der Waals surface area contributed by atoms with E-state index in [0.717, 1.165) is 12.3 Å². The Morgan fingerprint density at radius 1 is 1.10 bits per heavy atom. The molecule has 0 radical (unpaired) electrons. The third-order valence-corrected chi connectivity index (χ3v) is 3.74. The highest BCUT2D eigenvalue weighted by atomic mass is 32.2. The maximum atomic E-state index is 13.0. The zero-order valence-corrected chi connectivity index (χ0v) is 12.4. The van der Waals surface area contributed by atoms with Crippen molar-refractivity contribution in [3.05, 3.63) is 60.4 Å². The molecule has 0 aliphatic carbocycles. The molecule has 0 amide bonds. The fourth-order valence-electron chi connectivity index (χ4n) is 1.59. The lowest BCUT2D eigenvalue weighted by Crippen LogP contribution is -2.30. The number of anilines is 1. The van der Waals surface area contributed by atoms with Crippen molar-refractivity contribution in [1.29, 1.82) is 0 Å². The van der Waals surface area contributed by atoms with Gasteiger partial charge in [-0.15, -0.1) is 11.8 Å². The van der Waals surface area contributed by atoms with E-state index in [9.17, 15) is 4.39 Å². The van der Waals surface area contributed by atoms with Crippen molar-refractivity contribution < 1.29 is 4.39 Å². The lowest BCUT2D eigenvalue weighted by molar-refractivity contribution is 0.628. The van der Waals surface area contributed by atoms with Crippen molar-refractivity contribution >= 4 is 34.8 Å². The third-order valence-electron chi connectivity index (χ3n) is 2.48. The van der Waals surface area contributed by atoms with Gasteiger partial charge in [-0.3, -0.25) is 0 Å². The molecule has 0 saturated heterocycles. The molecule has 0 aliphatic rings. The smallest absolute Gasteiger partial charge is 0.170 e. The van der Waals surface area contributed by atoms with E-state index in [1.807, 2.05) is 18.2 Å². The molecule has 2 aromatic rings. The molecule has 0 unspecified atom stereocenters. The summed E-state index contributed by atoms with van der Waals surface area (Å²) in [7, 11) is 0. The van der Waals surface area contributed by atoms with E-state index in [-0.39, 0.29) is 5.82 Å². The summed E-state index contributed by atoms with van der Waals surface area (Å²) in [5.41, 5.74) is 0.651. The van der Waals surface area contributed by atoms with Crippen molar-refractivity contribution in [3.8, 4) is 0 Å². The monoisotopic (exact) mass is 306 g/mol. The van der Waals surface area contributed by atoms with Crippen LogP contribution in [0.1, 0.15) is 0 Å². The molecule has 0 aliphatic heterocycles. The van der Waals surface area contributed by atoms with E-state index in [4.69, 9.17) is 12.2 Å². The van der Waals surface area contributed by atoms with E-state index < -0.39 is 0 Å². The molecule has 2 aromatic carbocycles. The number of thioether (sulfide) groups is 1. The number of rotatable bonds is 5. The SMILES string of the molecule is Fc1cccc(NC(=S)NCCSc2ccccc2)c1. The molecule has 0 spiro atoms. The van der Waals surface area contributed by atoms with Gasteiger partial charge in [0.1, 0.15) is 5.82 Å². The Balaban J connectivity index is 1.68. The van der Waals surface area contributed by atoms with E-state index in [0.29, 0.717) is 10.8 Å². The summed E-state index contributed by atoms with van der Waals surface area (Å²) in [5.74, 6) is 0.632. The summed E-state index contributed by atoms with van der Waals surface area (Å²) >= 11 is 6.92. The number of thiocarbonyl (C=S) groups is 1. The van der Waals surface area contributed by atoms with Crippen LogP contribution in [0.3, 0.4) is 0 Å². The maximum Gasteiger partial charge on any atom is 0.170 e. The summed E-state index contributed by atoms with van der Waals surface area (Å²) in [5, 5.41) is 6.55. The van der Waals surface area contributed by atoms with Crippen LogP contribution < -0.4 is 10.6 Å². The van der Waals surface area contributed by atoms with Crippen LogP contribution in [0.5, 0.6) is 0 Å². The van der Waals surface area contributed by atoms with Gasteiger partial charge in [0.2, 0.25) is 0 Å². The third kappa shape index (κ3) is 5.19. The van der Waals surface area contributed by atoms with Crippen LogP contribution in [-0.2, 0) is 0 Å². The van der Waals surface area contributed by atoms with Crippen molar-refractivity contribution in [2.24, 2.45) is 0 Å². The van der Waals surface area contributed by atoms with Crippen LogP contribution in [0.2, 0.25) is 0 Å². The molecule has 0 bridgehead atoms. The predicted molar refractivity (Wildman–Crippen MR) is 87.8 cm³/mol. The molecule has 0 atom stereocenters. The van der Waals surface area contributed by atoms with Gasteiger partial charge in [0.05, 0.1) is 0 Å². The van der Waals surface area contributed by atoms with Crippen molar-refractivity contribution in [1.82, 2.24) is 5.32 Å². The van der Waals surface area contributed by atoms with Gasteiger partial charge in [0.25, 0.3) is 0 Å². The first-order valence-electron chi connectivity index (χ1n) is 6.22. The lowest BCUT2D eigenvalue weighted by atomic mass is 10.3. The molecule has 5 heteroatoms. The number of hydrogen-bond acceptors (Lipinski definition) is 2. The number of benzene rings is 2. The van der Waals surface area contributed by atoms with Crippen LogP contribution in [0.25, 0.3) is 0 Å². The zero-order chi connectivity index (χ0) is 14.2. The quantitative estimate of drug-likeness (QED) is 0.497. The van der Waals surface area contributed by atoms with E-state index in [1.54, 1.807) is 23.9 Å². The Morgan fingerprint density at radius 3 is 2.65 bits per heavy atom. The predicted octanol–water partition coefficient (Wildman–Crippen LogP) is 3.90. The summed E-state index contributed by atoms with van der Waals surface area (Å²) < 4.78 is 13.0. The zero-order valence-electron chi connectivity index (χ0n) is 10.8. The Labute approximate surface area is 127 Å². The maximum absolute atomic E-state index is 13.0. The lowest BCUT2D eigenvalue weighted by Gasteiger charge is -2.10. The average Bonchev–Trinajstić information content (AvgIpc) is 2.45. The van der Waals surface area contributed by atoms with Crippen LogP contribution in [0.15, 0.2) is 59.5 Å². The Kier molecular flexibility index (Phi) is 5.83. The summed E-state index contributed by atoms with van der Waals surface area (Å²) in [6, 6.07) is 16.4. The van der Waals surface area contributed by atoms with Crippen molar-refractivity contribution in [2.75, 3.05) is 17.6 Å². The standard InChI is InChI=1S/C15H15FN2S2/c16-12-5-4-6-13(11-12)18-15(19)17-9-10-20-14-7-2-1-3-8-14/h1-8,11H,9-10H2,(H2,17,18,19). The van der Waals surface area contributed by atoms with E-state index in [1.165, 1.54) is 17.0 Å². The molecule has 0 saturated carbocycles. The van der Waals surface area contributed by atoms with Gasteiger partial charge in [-0.1, -0.05) is 24.3 Å². The van der Waals surface area contributed by atoms with Gasteiger partial charge >= 0.3 is 0 Å². The highest BCUT2D eigenvalue weighted by Crippen LogP contribution is 2.15.